The van der Waals surface area contributed by atoms with Gasteiger partial charge in [0.05, 0.1) is 0 Å². The van der Waals surface area contributed by atoms with Crippen LogP contribution < -0.4 is 5.73 Å². The van der Waals surface area contributed by atoms with Crippen LogP contribution in [0.5, 0.6) is 0 Å². The molecular formula is C9H8BrF2NO. The number of halogens is 3. The van der Waals surface area contributed by atoms with Crippen molar-refractivity contribution in [2.75, 3.05) is 0 Å². The number of rotatable bonds is 2. The van der Waals surface area contributed by atoms with Crippen molar-refractivity contribution >= 4 is 21.8 Å². The molecule has 2 N–H and O–H groups in total. The highest BCUT2D eigenvalue weighted by molar-refractivity contribution is 9.10. The highest BCUT2D eigenvalue weighted by Crippen LogP contribution is 2.31. The van der Waals surface area contributed by atoms with E-state index in [2.05, 4.69) is 21.7 Å². The zero-order valence-corrected chi connectivity index (χ0v) is 8.94. The number of primary amides is 1. The second-order valence-corrected chi connectivity index (χ2v) is 3.81. The topological polar surface area (TPSA) is 43.1 Å². The fraction of sp³-hybridized carbons (Fsp3) is 0.222. The number of alkyl halides is 2. The third-order valence-corrected chi connectivity index (χ3v) is 2.33. The highest BCUT2D eigenvalue weighted by Gasteiger charge is 2.39. The van der Waals surface area contributed by atoms with E-state index in [1.165, 1.54) is 25.1 Å². The molecule has 1 rings (SSSR count). The molecule has 1 aromatic carbocycles. The Morgan fingerprint density at radius 1 is 1.50 bits per heavy atom. The largest absolute Gasteiger partial charge is 0.364 e. The maximum atomic E-state index is 13.2. The lowest BCUT2D eigenvalue weighted by molar-refractivity contribution is -0.143. The maximum Gasteiger partial charge on any atom is 0.349 e. The molecular weight excluding hydrogens is 256 g/mol. The van der Waals surface area contributed by atoms with Crippen LogP contribution in [-0.4, -0.2) is 5.91 Å². The number of hydrogen-bond donors (Lipinski definition) is 1. The van der Waals surface area contributed by atoms with Crippen LogP contribution in [0.2, 0.25) is 0 Å². The van der Waals surface area contributed by atoms with E-state index < -0.39 is 11.8 Å². The van der Waals surface area contributed by atoms with Crippen LogP contribution in [0.15, 0.2) is 22.7 Å². The van der Waals surface area contributed by atoms with Crippen molar-refractivity contribution in [2.24, 2.45) is 5.73 Å². The van der Waals surface area contributed by atoms with E-state index in [9.17, 15) is 13.6 Å². The SMILES string of the molecule is Cc1cc(Br)ccc1C(F)(F)C(N)=O. The highest BCUT2D eigenvalue weighted by atomic mass is 79.9. The number of aryl methyl sites for hydroxylation is 1. The van der Waals surface area contributed by atoms with Crippen LogP contribution >= 0.6 is 15.9 Å². The van der Waals surface area contributed by atoms with Gasteiger partial charge in [-0.2, -0.15) is 8.78 Å². The van der Waals surface area contributed by atoms with Crippen molar-refractivity contribution in [1.29, 1.82) is 0 Å². The monoisotopic (exact) mass is 263 g/mol. The number of amides is 1. The summed E-state index contributed by atoms with van der Waals surface area (Å²) >= 11 is 3.14. The minimum atomic E-state index is -3.61. The Balaban J connectivity index is 3.26. The zero-order chi connectivity index (χ0) is 10.9. The van der Waals surface area contributed by atoms with Gasteiger partial charge in [-0.15, -0.1) is 0 Å². The Labute approximate surface area is 88.2 Å². The van der Waals surface area contributed by atoms with Gasteiger partial charge in [0.1, 0.15) is 0 Å². The fourth-order valence-corrected chi connectivity index (χ4v) is 1.59. The van der Waals surface area contributed by atoms with E-state index in [4.69, 9.17) is 0 Å². The molecule has 0 aliphatic rings. The number of carbonyl (C=O) groups excluding carboxylic acids is 1. The molecule has 76 valence electrons. The van der Waals surface area contributed by atoms with Gasteiger partial charge in [-0.25, -0.2) is 0 Å². The van der Waals surface area contributed by atoms with E-state index in [0.29, 0.717) is 10.0 Å². The summed E-state index contributed by atoms with van der Waals surface area (Å²) in [6, 6.07) is 4.13. The summed E-state index contributed by atoms with van der Waals surface area (Å²) in [5.74, 6) is -5.24. The Hall–Kier alpha value is -0.970. The molecule has 0 radical (unpaired) electrons. The van der Waals surface area contributed by atoms with Crippen molar-refractivity contribution in [2.45, 2.75) is 12.8 Å². The average Bonchev–Trinajstić information content (AvgIpc) is 2.02. The summed E-state index contributed by atoms with van der Waals surface area (Å²) in [7, 11) is 0. The molecule has 0 heterocycles. The van der Waals surface area contributed by atoms with Crippen molar-refractivity contribution < 1.29 is 13.6 Å². The van der Waals surface area contributed by atoms with Crippen molar-refractivity contribution in [1.82, 2.24) is 0 Å². The molecule has 0 atom stereocenters. The van der Waals surface area contributed by atoms with E-state index in [1.54, 1.807) is 0 Å². The molecule has 0 aliphatic carbocycles. The number of carbonyl (C=O) groups is 1. The van der Waals surface area contributed by atoms with Crippen LogP contribution in [-0.2, 0) is 10.7 Å². The van der Waals surface area contributed by atoms with E-state index in [-0.39, 0.29) is 5.56 Å². The maximum absolute atomic E-state index is 13.2. The van der Waals surface area contributed by atoms with Crippen LogP contribution in [0.25, 0.3) is 0 Å². The molecule has 0 saturated heterocycles. The van der Waals surface area contributed by atoms with Gasteiger partial charge >= 0.3 is 5.92 Å². The third-order valence-electron chi connectivity index (χ3n) is 1.84. The van der Waals surface area contributed by atoms with Gasteiger partial charge in [-0.1, -0.05) is 22.0 Å². The number of benzene rings is 1. The second-order valence-electron chi connectivity index (χ2n) is 2.90. The summed E-state index contributed by atoms with van der Waals surface area (Å²) < 4.78 is 27.0. The lowest BCUT2D eigenvalue weighted by atomic mass is 10.0. The second kappa shape index (κ2) is 3.65. The van der Waals surface area contributed by atoms with Crippen molar-refractivity contribution in [3.8, 4) is 0 Å². The molecule has 1 aromatic rings. The molecule has 0 aliphatic heterocycles. The molecule has 14 heavy (non-hydrogen) atoms. The van der Waals surface area contributed by atoms with Gasteiger partial charge in [-0.3, -0.25) is 4.79 Å². The van der Waals surface area contributed by atoms with Gasteiger partial charge < -0.3 is 5.73 Å². The number of nitrogens with two attached hydrogens (primary N) is 1. The summed E-state index contributed by atoms with van der Waals surface area (Å²) in [5.41, 5.74) is 4.58. The average molecular weight is 264 g/mol. The minimum absolute atomic E-state index is 0.322. The van der Waals surface area contributed by atoms with Crippen LogP contribution in [0.1, 0.15) is 11.1 Å². The standard InChI is InChI=1S/C9H8BrF2NO/c1-5-4-6(10)2-3-7(5)9(11,12)8(13)14/h2-4H,1H3,(H2,13,14). The zero-order valence-electron chi connectivity index (χ0n) is 7.35. The predicted octanol–water partition coefficient (Wildman–Crippen LogP) is 2.33. The van der Waals surface area contributed by atoms with Crippen molar-refractivity contribution in [3.63, 3.8) is 0 Å². The third kappa shape index (κ3) is 1.92. The van der Waals surface area contributed by atoms with Gasteiger partial charge in [0.25, 0.3) is 5.91 Å². The lowest BCUT2D eigenvalue weighted by Gasteiger charge is -2.15. The smallest absolute Gasteiger partial charge is 0.349 e. The van der Waals surface area contributed by atoms with E-state index in [0.717, 1.165) is 0 Å². The molecule has 0 unspecified atom stereocenters. The van der Waals surface area contributed by atoms with Gasteiger partial charge in [0.2, 0.25) is 0 Å². The van der Waals surface area contributed by atoms with E-state index >= 15 is 0 Å². The lowest BCUT2D eigenvalue weighted by Crippen LogP contribution is -2.33. The number of hydrogen-bond acceptors (Lipinski definition) is 1. The summed E-state index contributed by atoms with van der Waals surface area (Å²) in [5, 5.41) is 0. The molecule has 1 amide bonds. The Kier molecular flexibility index (Phi) is 2.89. The van der Waals surface area contributed by atoms with Crippen LogP contribution in [0.4, 0.5) is 8.78 Å². The summed E-state index contributed by atoms with van der Waals surface area (Å²) in [6.07, 6.45) is 0. The molecule has 0 spiro atoms. The predicted molar refractivity (Wildman–Crippen MR) is 52.0 cm³/mol. The quantitative estimate of drug-likeness (QED) is 0.875. The molecule has 0 bridgehead atoms. The Morgan fingerprint density at radius 3 is 2.50 bits per heavy atom. The van der Waals surface area contributed by atoms with Crippen molar-refractivity contribution in [3.05, 3.63) is 33.8 Å². The summed E-state index contributed by atoms with van der Waals surface area (Å²) in [6.45, 7) is 1.50. The minimum Gasteiger partial charge on any atom is -0.364 e. The van der Waals surface area contributed by atoms with E-state index in [1.807, 2.05) is 0 Å². The first-order chi connectivity index (χ1) is 6.35. The molecule has 2 nitrogen and oxygen atoms in total. The Bertz CT molecular complexity index is 379. The molecule has 0 aromatic heterocycles. The first-order valence-corrected chi connectivity index (χ1v) is 4.59. The van der Waals surface area contributed by atoms with Gasteiger partial charge in [-0.05, 0) is 24.6 Å². The normalized spacial score (nSPS) is 11.4. The molecule has 0 fully saturated rings. The van der Waals surface area contributed by atoms with Gasteiger partial charge in [0, 0.05) is 10.0 Å². The fourth-order valence-electron chi connectivity index (χ4n) is 1.11. The van der Waals surface area contributed by atoms with Gasteiger partial charge in [0.15, 0.2) is 0 Å². The Morgan fingerprint density at radius 2 is 2.07 bits per heavy atom. The van der Waals surface area contributed by atoms with Crippen LogP contribution in [0, 0.1) is 6.92 Å². The molecule has 5 heteroatoms. The first-order valence-electron chi connectivity index (χ1n) is 3.80. The summed E-state index contributed by atoms with van der Waals surface area (Å²) in [4.78, 5) is 10.5. The van der Waals surface area contributed by atoms with Crippen LogP contribution in [0.3, 0.4) is 0 Å². The first kappa shape index (κ1) is 11.1. The molecule has 0 saturated carbocycles.